The van der Waals surface area contributed by atoms with Crippen molar-refractivity contribution in [3.05, 3.63) is 46.6 Å². The van der Waals surface area contributed by atoms with Gasteiger partial charge in [-0.3, -0.25) is 0 Å². The Morgan fingerprint density at radius 2 is 2.07 bits per heavy atom. The fourth-order valence-corrected chi connectivity index (χ4v) is 3.52. The molecule has 1 aromatic heterocycles. The largest absolute Gasteiger partial charge is 0.433 e. The highest BCUT2D eigenvalue weighted by atomic mass is 35.5. The van der Waals surface area contributed by atoms with Gasteiger partial charge in [-0.05, 0) is 42.6 Å². The van der Waals surface area contributed by atoms with Crippen molar-refractivity contribution in [2.75, 3.05) is 23.3 Å². The monoisotopic (exact) mass is 443 g/mol. The van der Waals surface area contributed by atoms with Crippen LogP contribution in [0.3, 0.4) is 0 Å². The lowest BCUT2D eigenvalue weighted by molar-refractivity contribution is -0.141. The summed E-state index contributed by atoms with van der Waals surface area (Å²) in [6, 6.07) is 8.21. The highest BCUT2D eigenvalue weighted by molar-refractivity contribution is 7.80. The highest BCUT2D eigenvalue weighted by Gasteiger charge is 2.34. The van der Waals surface area contributed by atoms with Crippen LogP contribution in [0.2, 0.25) is 5.02 Å². The zero-order valence-electron chi connectivity index (χ0n) is 15.8. The van der Waals surface area contributed by atoms with E-state index in [9.17, 15) is 13.2 Å². The average molecular weight is 444 g/mol. The predicted octanol–water partition coefficient (Wildman–Crippen LogP) is 4.87. The zero-order valence-corrected chi connectivity index (χ0v) is 17.3. The van der Waals surface area contributed by atoms with Gasteiger partial charge in [0.15, 0.2) is 10.8 Å². The van der Waals surface area contributed by atoms with E-state index in [1.54, 1.807) is 6.07 Å². The molecule has 0 radical (unpaired) electrons. The molecule has 5 nitrogen and oxygen atoms in total. The molecule has 1 aliphatic rings. The third-order valence-electron chi connectivity index (χ3n) is 4.61. The Hall–Kier alpha value is -2.13. The van der Waals surface area contributed by atoms with Crippen LogP contribution in [0.1, 0.15) is 31.0 Å². The van der Waals surface area contributed by atoms with Gasteiger partial charge in [0.25, 0.3) is 0 Å². The molecule has 0 amide bonds. The van der Waals surface area contributed by atoms with Crippen LogP contribution in [-0.4, -0.2) is 28.2 Å². The number of anilines is 2. The zero-order chi connectivity index (χ0) is 21.0. The molecule has 2 aromatic rings. The van der Waals surface area contributed by atoms with Crippen molar-refractivity contribution in [2.45, 2.75) is 32.5 Å². The molecule has 3 rings (SSSR count). The topological polar surface area (TPSA) is 53.1 Å². The number of thiocarbonyl (C=S) groups is 1. The maximum absolute atomic E-state index is 13.3. The maximum Gasteiger partial charge on any atom is 0.433 e. The molecule has 156 valence electrons. The first-order valence-electron chi connectivity index (χ1n) is 9.22. The fraction of sp³-hybridized carbons (Fsp3) is 0.421. The fourth-order valence-electron chi connectivity index (χ4n) is 3.16. The third kappa shape index (κ3) is 5.93. The van der Waals surface area contributed by atoms with E-state index in [0.717, 1.165) is 24.5 Å². The first kappa shape index (κ1) is 21.6. The predicted molar refractivity (Wildman–Crippen MR) is 112 cm³/mol. The lowest BCUT2D eigenvalue weighted by atomic mass is 10.0. The minimum atomic E-state index is -4.58. The van der Waals surface area contributed by atoms with E-state index in [-0.39, 0.29) is 16.9 Å². The summed E-state index contributed by atoms with van der Waals surface area (Å²) < 4.78 is 40.0. The third-order valence-corrected chi connectivity index (χ3v) is 5.22. The highest BCUT2D eigenvalue weighted by Crippen LogP contribution is 2.31. The molecule has 0 spiro atoms. The molecule has 1 aliphatic heterocycles. The summed E-state index contributed by atoms with van der Waals surface area (Å²) in [7, 11) is 0. The van der Waals surface area contributed by atoms with Crippen LogP contribution in [0.5, 0.6) is 0 Å². The SMILES string of the molecule is C[C@@H]1CCCN(c2cc(C(F)(F)F)nc(NC(=S)NCc3ccccc3Cl)n2)C1. The molecule has 1 aromatic carbocycles. The Kier molecular flexibility index (Phi) is 6.79. The van der Waals surface area contributed by atoms with E-state index >= 15 is 0 Å². The average Bonchev–Trinajstić information content (AvgIpc) is 2.66. The number of benzene rings is 1. The molecular weight excluding hydrogens is 423 g/mol. The van der Waals surface area contributed by atoms with Gasteiger partial charge < -0.3 is 15.5 Å². The molecule has 0 saturated carbocycles. The second-order valence-corrected chi connectivity index (χ2v) is 7.84. The minimum Gasteiger partial charge on any atom is -0.358 e. The van der Waals surface area contributed by atoms with Crippen LogP contribution < -0.4 is 15.5 Å². The summed E-state index contributed by atoms with van der Waals surface area (Å²) in [5.41, 5.74) is -0.191. The quantitative estimate of drug-likeness (QED) is 0.657. The number of hydrogen-bond acceptors (Lipinski definition) is 4. The van der Waals surface area contributed by atoms with Crippen molar-refractivity contribution in [2.24, 2.45) is 5.92 Å². The Morgan fingerprint density at radius 3 is 2.76 bits per heavy atom. The summed E-state index contributed by atoms with van der Waals surface area (Å²) in [5, 5.41) is 6.26. The van der Waals surface area contributed by atoms with E-state index in [2.05, 4.69) is 27.5 Å². The van der Waals surface area contributed by atoms with Gasteiger partial charge in [-0.25, -0.2) is 4.98 Å². The van der Waals surface area contributed by atoms with Gasteiger partial charge in [0, 0.05) is 30.7 Å². The number of halogens is 4. The lowest BCUT2D eigenvalue weighted by Gasteiger charge is -2.32. The second kappa shape index (κ2) is 9.13. The lowest BCUT2D eigenvalue weighted by Crippen LogP contribution is -2.35. The van der Waals surface area contributed by atoms with Gasteiger partial charge in [-0.2, -0.15) is 18.2 Å². The number of rotatable bonds is 4. The van der Waals surface area contributed by atoms with Crippen molar-refractivity contribution >= 4 is 40.7 Å². The van der Waals surface area contributed by atoms with Crippen LogP contribution >= 0.6 is 23.8 Å². The number of nitrogens with one attached hydrogen (secondary N) is 2. The van der Waals surface area contributed by atoms with Crippen molar-refractivity contribution < 1.29 is 13.2 Å². The van der Waals surface area contributed by atoms with Crippen LogP contribution in [0.25, 0.3) is 0 Å². The van der Waals surface area contributed by atoms with Crippen molar-refractivity contribution in [3.63, 3.8) is 0 Å². The number of nitrogens with zero attached hydrogens (tertiary/aromatic N) is 3. The van der Waals surface area contributed by atoms with Gasteiger partial charge >= 0.3 is 6.18 Å². The van der Waals surface area contributed by atoms with Crippen LogP contribution in [0.15, 0.2) is 30.3 Å². The summed E-state index contributed by atoms with van der Waals surface area (Å²) >= 11 is 11.3. The summed E-state index contributed by atoms with van der Waals surface area (Å²) in [6.45, 7) is 3.71. The molecule has 0 bridgehead atoms. The number of aromatic nitrogens is 2. The first-order valence-corrected chi connectivity index (χ1v) is 10.0. The van der Waals surface area contributed by atoms with Gasteiger partial charge in [0.05, 0.1) is 0 Å². The smallest absolute Gasteiger partial charge is 0.358 e. The molecule has 10 heteroatoms. The molecule has 2 heterocycles. The van der Waals surface area contributed by atoms with Crippen molar-refractivity contribution in [3.8, 4) is 0 Å². The van der Waals surface area contributed by atoms with E-state index in [4.69, 9.17) is 23.8 Å². The van der Waals surface area contributed by atoms with Gasteiger partial charge in [0.1, 0.15) is 5.82 Å². The summed E-state index contributed by atoms with van der Waals surface area (Å²) in [6.07, 6.45) is -2.62. The van der Waals surface area contributed by atoms with Crippen molar-refractivity contribution in [1.82, 2.24) is 15.3 Å². The standard InChI is InChI=1S/C19H21ClF3N5S/c1-12-5-4-8-28(11-12)16-9-15(19(21,22)23)25-17(26-16)27-18(29)24-10-13-6-2-3-7-14(13)20/h2-3,6-7,9,12H,4-5,8,10-11H2,1H3,(H2,24,25,26,27,29)/t12-/m1/s1. The number of piperidine rings is 1. The molecular formula is C19H21ClF3N5S. The minimum absolute atomic E-state index is 0.113. The van der Waals surface area contributed by atoms with E-state index in [1.165, 1.54) is 0 Å². The van der Waals surface area contributed by atoms with Gasteiger partial charge in [0.2, 0.25) is 5.95 Å². The maximum atomic E-state index is 13.3. The Morgan fingerprint density at radius 1 is 1.31 bits per heavy atom. The van der Waals surface area contributed by atoms with Crippen LogP contribution in [0.4, 0.5) is 24.9 Å². The Balaban J connectivity index is 1.75. The van der Waals surface area contributed by atoms with E-state index < -0.39 is 11.9 Å². The van der Waals surface area contributed by atoms with Crippen LogP contribution in [-0.2, 0) is 12.7 Å². The van der Waals surface area contributed by atoms with Crippen molar-refractivity contribution in [1.29, 1.82) is 0 Å². The second-order valence-electron chi connectivity index (χ2n) is 7.03. The number of hydrogen-bond donors (Lipinski definition) is 2. The molecule has 29 heavy (non-hydrogen) atoms. The number of alkyl halides is 3. The molecule has 0 unspecified atom stereocenters. The van der Waals surface area contributed by atoms with Gasteiger partial charge in [-0.1, -0.05) is 36.7 Å². The molecule has 1 atom stereocenters. The molecule has 1 fully saturated rings. The molecule has 1 saturated heterocycles. The Labute approximate surface area is 177 Å². The Bertz CT molecular complexity index is 877. The summed E-state index contributed by atoms with van der Waals surface area (Å²) in [4.78, 5) is 9.73. The summed E-state index contributed by atoms with van der Waals surface area (Å²) in [5.74, 6) is 0.447. The normalized spacial score (nSPS) is 17.1. The van der Waals surface area contributed by atoms with Crippen LogP contribution in [0, 0.1) is 5.92 Å². The molecule has 2 N–H and O–H groups in total. The van der Waals surface area contributed by atoms with E-state index in [1.807, 2.05) is 23.1 Å². The first-order chi connectivity index (χ1) is 13.7. The van der Waals surface area contributed by atoms with E-state index in [0.29, 0.717) is 30.6 Å². The van der Waals surface area contributed by atoms with Gasteiger partial charge in [-0.15, -0.1) is 0 Å². The molecule has 0 aliphatic carbocycles.